The summed E-state index contributed by atoms with van der Waals surface area (Å²) in [7, 11) is -3.42. The third-order valence-corrected chi connectivity index (χ3v) is 3.32. The Bertz CT molecular complexity index is 326. The zero-order valence-electron chi connectivity index (χ0n) is 15.5. The molecule has 0 aromatic rings. The van der Waals surface area contributed by atoms with Gasteiger partial charge in [0.1, 0.15) is 0 Å². The molecule has 0 spiro atoms. The summed E-state index contributed by atoms with van der Waals surface area (Å²) in [4.78, 5) is 8.88. The van der Waals surface area contributed by atoms with E-state index in [0.717, 1.165) is 6.66 Å². The average Bonchev–Trinajstić information content (AvgIpc) is 2.59. The van der Waals surface area contributed by atoms with Crippen LogP contribution >= 0.6 is 7.60 Å². The molecule has 0 aliphatic heterocycles. The highest BCUT2D eigenvalue weighted by atomic mass is 31.2. The van der Waals surface area contributed by atoms with Gasteiger partial charge in [-0.3, -0.25) is 4.57 Å². The van der Waals surface area contributed by atoms with Crippen LogP contribution in [0.1, 0.15) is 0 Å². The van der Waals surface area contributed by atoms with Crippen molar-refractivity contribution in [3.05, 3.63) is 0 Å². The Morgan fingerprint density at radius 2 is 0.846 bits per heavy atom. The van der Waals surface area contributed by atoms with E-state index >= 15 is 0 Å². The van der Waals surface area contributed by atoms with Crippen LogP contribution in [0.2, 0.25) is 0 Å². The molecule has 11 heteroatoms. The van der Waals surface area contributed by atoms with Crippen molar-refractivity contribution >= 4 is 7.60 Å². The fraction of sp³-hybridized carbons (Fsp3) is 1.00. The van der Waals surface area contributed by atoms with Gasteiger partial charge in [-0.2, -0.15) is 0 Å². The van der Waals surface area contributed by atoms with E-state index in [1.54, 1.807) is 0 Å². The molecule has 0 aliphatic carbocycles. The van der Waals surface area contributed by atoms with E-state index < -0.39 is 7.60 Å². The van der Waals surface area contributed by atoms with Crippen molar-refractivity contribution in [3.8, 4) is 0 Å². The fourth-order valence-electron chi connectivity index (χ4n) is 1.53. The predicted molar refractivity (Wildman–Crippen MR) is 93.7 cm³/mol. The zero-order valence-corrected chi connectivity index (χ0v) is 16.4. The number of aliphatic hydroxyl groups excluding tert-OH is 1. The largest absolute Gasteiger partial charge is 0.394 e. The summed E-state index contributed by atoms with van der Waals surface area (Å²) in [6, 6.07) is 0. The number of rotatable bonds is 21. The van der Waals surface area contributed by atoms with Crippen molar-refractivity contribution in [2.24, 2.45) is 0 Å². The molecule has 0 amide bonds. The lowest BCUT2D eigenvalue weighted by molar-refractivity contribution is -0.0191. The highest BCUT2D eigenvalue weighted by Crippen LogP contribution is 2.35. The minimum atomic E-state index is -3.42. The highest BCUT2D eigenvalue weighted by Gasteiger charge is 2.08. The molecule has 0 aliphatic rings. The first-order valence-corrected chi connectivity index (χ1v) is 10.6. The van der Waals surface area contributed by atoms with E-state index in [1.807, 2.05) is 0 Å². The van der Waals surface area contributed by atoms with Gasteiger partial charge in [0, 0.05) is 6.66 Å². The maximum Gasteiger partial charge on any atom is 0.325 e. The molecule has 0 bridgehead atoms. The van der Waals surface area contributed by atoms with Gasteiger partial charge in [0.2, 0.25) is 0 Å². The summed E-state index contributed by atoms with van der Waals surface area (Å²) in [6.07, 6.45) is 0. The predicted octanol–water partition coefficient (Wildman–Crippen LogP) is -0.0899. The van der Waals surface area contributed by atoms with Crippen LogP contribution in [-0.4, -0.2) is 109 Å². The SMILES string of the molecule is CP(=O)(O)OCCOCCOCCOCCOCCOCCOCCO. The van der Waals surface area contributed by atoms with Crippen LogP contribution in [0.5, 0.6) is 0 Å². The second kappa shape index (κ2) is 19.6. The first-order chi connectivity index (χ1) is 12.6. The van der Waals surface area contributed by atoms with Gasteiger partial charge in [-0.05, 0) is 0 Å². The topological polar surface area (TPSA) is 122 Å². The van der Waals surface area contributed by atoms with E-state index in [-0.39, 0.29) is 19.8 Å². The Balaban J connectivity index is 3.02. The maximum absolute atomic E-state index is 10.8. The molecule has 26 heavy (non-hydrogen) atoms. The van der Waals surface area contributed by atoms with Gasteiger partial charge < -0.3 is 42.9 Å². The molecule has 0 aromatic heterocycles. The number of aliphatic hydroxyl groups is 1. The third-order valence-electron chi connectivity index (χ3n) is 2.65. The fourth-order valence-corrected chi connectivity index (χ4v) is 1.95. The number of hydrogen-bond acceptors (Lipinski definition) is 9. The first kappa shape index (κ1) is 25.9. The molecule has 0 rings (SSSR count). The Kier molecular flexibility index (Phi) is 19.5. The van der Waals surface area contributed by atoms with Crippen LogP contribution in [0.4, 0.5) is 0 Å². The third kappa shape index (κ3) is 23.9. The second-order valence-electron chi connectivity index (χ2n) is 5.03. The van der Waals surface area contributed by atoms with Gasteiger partial charge in [0.25, 0.3) is 0 Å². The van der Waals surface area contributed by atoms with E-state index in [4.69, 9.17) is 38.4 Å². The molecule has 0 saturated carbocycles. The van der Waals surface area contributed by atoms with Gasteiger partial charge in [-0.15, -0.1) is 0 Å². The molecule has 0 heterocycles. The van der Waals surface area contributed by atoms with Crippen LogP contribution in [0, 0.1) is 0 Å². The summed E-state index contributed by atoms with van der Waals surface area (Å²) in [5, 5.41) is 8.50. The average molecular weight is 404 g/mol. The Hall–Kier alpha value is -0.130. The minimum absolute atomic E-state index is 0.0206. The Morgan fingerprint density at radius 3 is 1.12 bits per heavy atom. The zero-order chi connectivity index (χ0) is 19.3. The molecule has 1 atom stereocenters. The van der Waals surface area contributed by atoms with E-state index in [0.29, 0.717) is 72.7 Å². The smallest absolute Gasteiger partial charge is 0.325 e. The second-order valence-corrected chi connectivity index (χ2v) is 6.90. The van der Waals surface area contributed by atoms with Crippen molar-refractivity contribution in [2.45, 2.75) is 0 Å². The van der Waals surface area contributed by atoms with Crippen LogP contribution in [0.3, 0.4) is 0 Å². The maximum atomic E-state index is 10.8. The summed E-state index contributed by atoms with van der Waals surface area (Å²) in [6.45, 7) is 6.43. The molecule has 10 nitrogen and oxygen atoms in total. The molecule has 0 saturated heterocycles. The Labute approximate surface area is 155 Å². The van der Waals surface area contributed by atoms with Crippen molar-refractivity contribution in [3.63, 3.8) is 0 Å². The van der Waals surface area contributed by atoms with Gasteiger partial charge in [0.15, 0.2) is 0 Å². The molecule has 0 radical (unpaired) electrons. The van der Waals surface area contributed by atoms with Gasteiger partial charge in [-0.1, -0.05) is 0 Å². The van der Waals surface area contributed by atoms with Crippen LogP contribution in [0.25, 0.3) is 0 Å². The molecule has 158 valence electrons. The lowest BCUT2D eigenvalue weighted by atomic mass is 10.7. The molecule has 0 aromatic carbocycles. The molecule has 2 N–H and O–H groups in total. The molecule has 0 fully saturated rings. The van der Waals surface area contributed by atoms with E-state index in [2.05, 4.69) is 4.52 Å². The van der Waals surface area contributed by atoms with Crippen molar-refractivity contribution in [1.82, 2.24) is 0 Å². The van der Waals surface area contributed by atoms with Gasteiger partial charge >= 0.3 is 7.60 Å². The molecule has 1 unspecified atom stereocenters. The molecular weight excluding hydrogens is 371 g/mol. The first-order valence-electron chi connectivity index (χ1n) is 8.58. The van der Waals surface area contributed by atoms with Crippen LogP contribution < -0.4 is 0 Å². The lowest BCUT2D eigenvalue weighted by Gasteiger charge is -2.09. The minimum Gasteiger partial charge on any atom is -0.394 e. The van der Waals surface area contributed by atoms with E-state index in [9.17, 15) is 4.57 Å². The summed E-state index contributed by atoms with van der Waals surface area (Å²) in [5.41, 5.74) is 0. The monoisotopic (exact) mass is 404 g/mol. The lowest BCUT2D eigenvalue weighted by Crippen LogP contribution is -2.14. The normalized spacial score (nSPS) is 13.8. The van der Waals surface area contributed by atoms with E-state index in [1.165, 1.54) is 0 Å². The van der Waals surface area contributed by atoms with Crippen molar-refractivity contribution < 1.29 is 47.5 Å². The van der Waals surface area contributed by atoms with Gasteiger partial charge in [-0.25, -0.2) is 0 Å². The standard InChI is InChI=1S/C15H33O10P/c1-26(17,18)25-15-14-24-13-12-23-11-10-22-9-8-21-7-6-20-5-4-19-3-2-16/h16H,2-15H2,1H3,(H,17,18). The highest BCUT2D eigenvalue weighted by molar-refractivity contribution is 7.51. The number of ether oxygens (including phenoxy) is 6. The summed E-state index contributed by atoms with van der Waals surface area (Å²) in [5.74, 6) is 0. The van der Waals surface area contributed by atoms with Gasteiger partial charge in [0.05, 0.1) is 92.5 Å². The molecular formula is C15H33O10P. The summed E-state index contributed by atoms with van der Waals surface area (Å²) >= 11 is 0. The Morgan fingerprint density at radius 1 is 0.577 bits per heavy atom. The quantitative estimate of drug-likeness (QED) is 0.198. The number of hydrogen-bond donors (Lipinski definition) is 2. The van der Waals surface area contributed by atoms with Crippen LogP contribution in [-0.2, 0) is 37.5 Å². The van der Waals surface area contributed by atoms with Crippen molar-refractivity contribution in [2.75, 3.05) is 99.2 Å². The summed E-state index contributed by atoms with van der Waals surface area (Å²) < 4.78 is 46.9. The van der Waals surface area contributed by atoms with Crippen molar-refractivity contribution in [1.29, 1.82) is 0 Å². The van der Waals surface area contributed by atoms with Crippen LogP contribution in [0.15, 0.2) is 0 Å².